The lowest BCUT2D eigenvalue weighted by Gasteiger charge is -2.39. The average molecular weight is 452 g/mol. The molecule has 0 aromatic heterocycles. The Bertz CT molecular complexity index is 711. The molecule has 0 spiro atoms. The van der Waals surface area contributed by atoms with Gasteiger partial charge in [-0.2, -0.15) is 0 Å². The van der Waals surface area contributed by atoms with E-state index in [4.69, 9.17) is 9.16 Å². The van der Waals surface area contributed by atoms with Crippen LogP contribution in [0.2, 0.25) is 18.1 Å². The monoisotopic (exact) mass is 451 g/mol. The zero-order chi connectivity index (χ0) is 23.7. The van der Waals surface area contributed by atoms with Crippen LogP contribution in [0.15, 0.2) is 42.2 Å². The lowest BCUT2D eigenvalue weighted by Crippen LogP contribution is -2.42. The predicted molar refractivity (Wildman–Crippen MR) is 129 cm³/mol. The quantitative estimate of drug-likeness (QED) is 0.286. The molecular formula is C25H42FNO3Si. The number of hydrogen-bond acceptors (Lipinski definition) is 3. The van der Waals surface area contributed by atoms with Crippen LogP contribution in [-0.2, 0) is 15.6 Å². The largest absolute Gasteiger partial charge is 0.444 e. The van der Waals surface area contributed by atoms with E-state index in [1.807, 2.05) is 30.3 Å². The molecule has 0 aliphatic heterocycles. The second kappa shape index (κ2) is 11.8. The molecule has 0 radical (unpaired) electrons. The van der Waals surface area contributed by atoms with Crippen LogP contribution in [0.3, 0.4) is 0 Å². The first-order valence-corrected chi connectivity index (χ1v) is 14.2. The van der Waals surface area contributed by atoms with Gasteiger partial charge in [0.05, 0.1) is 6.04 Å². The van der Waals surface area contributed by atoms with Gasteiger partial charge in [-0.15, -0.1) is 0 Å². The maximum atomic E-state index is 15.1. The average Bonchev–Trinajstić information content (AvgIpc) is 2.63. The molecule has 0 saturated heterocycles. The Morgan fingerprint density at radius 2 is 1.77 bits per heavy atom. The van der Waals surface area contributed by atoms with E-state index in [0.717, 1.165) is 18.4 Å². The molecule has 1 unspecified atom stereocenters. The predicted octanol–water partition coefficient (Wildman–Crippen LogP) is 7.17. The number of hydrogen-bond donors (Lipinski definition) is 1. The smallest absolute Gasteiger partial charge is 0.408 e. The first kappa shape index (κ1) is 27.4. The Labute approximate surface area is 189 Å². The molecule has 6 heteroatoms. The molecule has 0 aliphatic rings. The number of carbonyl (C=O) groups is 1. The van der Waals surface area contributed by atoms with Gasteiger partial charge in [-0.1, -0.05) is 57.5 Å². The second-order valence-electron chi connectivity index (χ2n) is 10.3. The summed E-state index contributed by atoms with van der Waals surface area (Å²) in [7, 11) is -1.91. The van der Waals surface area contributed by atoms with E-state index < -0.39 is 26.1 Å². The number of halogens is 1. The third kappa shape index (κ3) is 10.00. The van der Waals surface area contributed by atoms with Crippen LogP contribution in [0.4, 0.5) is 9.18 Å². The number of carbonyl (C=O) groups excluding carboxylic acids is 1. The topological polar surface area (TPSA) is 47.6 Å². The van der Waals surface area contributed by atoms with E-state index in [2.05, 4.69) is 39.2 Å². The molecule has 1 aromatic rings. The molecule has 1 aromatic carbocycles. The fourth-order valence-corrected chi connectivity index (χ4v) is 5.16. The molecule has 1 amide bonds. The third-order valence-corrected chi connectivity index (χ3v) is 10.2. The molecule has 1 N–H and O–H groups in total. The summed E-state index contributed by atoms with van der Waals surface area (Å²) in [4.78, 5) is 12.3. The van der Waals surface area contributed by atoms with E-state index in [1.54, 1.807) is 20.8 Å². The van der Waals surface area contributed by atoms with Crippen molar-refractivity contribution in [3.05, 3.63) is 47.8 Å². The minimum atomic E-state index is -1.91. The van der Waals surface area contributed by atoms with Gasteiger partial charge in [0.15, 0.2) is 8.32 Å². The molecule has 4 nitrogen and oxygen atoms in total. The van der Waals surface area contributed by atoms with Crippen LogP contribution in [0.1, 0.15) is 66.4 Å². The van der Waals surface area contributed by atoms with Crippen LogP contribution in [-0.4, -0.2) is 32.7 Å². The summed E-state index contributed by atoms with van der Waals surface area (Å²) in [5.41, 5.74) is 0.301. The molecule has 176 valence electrons. The number of rotatable bonds is 11. The van der Waals surface area contributed by atoms with Crippen LogP contribution < -0.4 is 5.32 Å². The van der Waals surface area contributed by atoms with E-state index in [1.165, 1.54) is 6.08 Å². The van der Waals surface area contributed by atoms with Gasteiger partial charge in [0.2, 0.25) is 0 Å². The zero-order valence-electron chi connectivity index (χ0n) is 20.7. The van der Waals surface area contributed by atoms with Crippen molar-refractivity contribution in [2.75, 3.05) is 6.61 Å². The van der Waals surface area contributed by atoms with Gasteiger partial charge in [0.25, 0.3) is 0 Å². The van der Waals surface area contributed by atoms with Crippen LogP contribution in [0, 0.1) is 0 Å². The van der Waals surface area contributed by atoms with Crippen molar-refractivity contribution in [1.29, 1.82) is 0 Å². The Kier molecular flexibility index (Phi) is 10.4. The van der Waals surface area contributed by atoms with Gasteiger partial charge >= 0.3 is 6.09 Å². The summed E-state index contributed by atoms with van der Waals surface area (Å²) in [5.74, 6) is -0.370. The fraction of sp³-hybridized carbons (Fsp3) is 0.640. The first-order valence-electron chi connectivity index (χ1n) is 11.3. The van der Waals surface area contributed by atoms with Crippen molar-refractivity contribution in [2.24, 2.45) is 0 Å². The van der Waals surface area contributed by atoms with Gasteiger partial charge in [-0.25, -0.2) is 9.18 Å². The molecule has 1 rings (SSSR count). The lowest BCUT2D eigenvalue weighted by atomic mass is 10.0. The molecule has 1 atom stereocenters. The van der Waals surface area contributed by atoms with Gasteiger partial charge in [-0.05, 0) is 69.8 Å². The van der Waals surface area contributed by atoms with Crippen molar-refractivity contribution in [3.8, 4) is 0 Å². The summed E-state index contributed by atoms with van der Waals surface area (Å²) >= 11 is 0. The van der Waals surface area contributed by atoms with Crippen molar-refractivity contribution in [2.45, 2.75) is 97.0 Å². The van der Waals surface area contributed by atoms with Crippen molar-refractivity contribution >= 4 is 14.4 Å². The van der Waals surface area contributed by atoms with Crippen molar-refractivity contribution in [3.63, 3.8) is 0 Å². The van der Waals surface area contributed by atoms with Gasteiger partial charge < -0.3 is 14.5 Å². The highest BCUT2D eigenvalue weighted by atomic mass is 28.4. The van der Waals surface area contributed by atoms with Crippen molar-refractivity contribution < 1.29 is 18.3 Å². The zero-order valence-corrected chi connectivity index (χ0v) is 21.7. The van der Waals surface area contributed by atoms with Gasteiger partial charge in [0, 0.05) is 6.61 Å². The Hall–Kier alpha value is -1.66. The highest BCUT2D eigenvalue weighted by molar-refractivity contribution is 6.74. The SMILES string of the molecule is CCCC(C)(C)[Si](C)(C)OCC/C=C(/F)C(Cc1ccccc1)NC(=O)OC(C)(C)C. The molecule has 31 heavy (non-hydrogen) atoms. The van der Waals surface area contributed by atoms with Gasteiger partial charge in [0.1, 0.15) is 11.4 Å². The minimum absolute atomic E-state index is 0.165. The second-order valence-corrected chi connectivity index (χ2v) is 14.9. The van der Waals surface area contributed by atoms with Crippen LogP contribution in [0.5, 0.6) is 0 Å². The Morgan fingerprint density at radius 3 is 2.32 bits per heavy atom. The van der Waals surface area contributed by atoms with Gasteiger partial charge in [-0.3, -0.25) is 0 Å². The highest BCUT2D eigenvalue weighted by Gasteiger charge is 2.40. The number of alkyl carbamates (subject to hydrolysis) is 1. The first-order chi connectivity index (χ1) is 14.3. The normalized spacial score (nSPS) is 14.3. The maximum absolute atomic E-state index is 15.1. The highest BCUT2D eigenvalue weighted by Crippen LogP contribution is 2.42. The fourth-order valence-electron chi connectivity index (χ4n) is 3.29. The Morgan fingerprint density at radius 1 is 1.16 bits per heavy atom. The van der Waals surface area contributed by atoms with Crippen LogP contribution in [0.25, 0.3) is 0 Å². The molecule has 0 bridgehead atoms. The Balaban J connectivity index is 2.80. The summed E-state index contributed by atoms with van der Waals surface area (Å²) in [6.07, 6.45) is 3.97. The maximum Gasteiger partial charge on any atom is 0.408 e. The molecule has 0 heterocycles. The summed E-state index contributed by atoms with van der Waals surface area (Å²) in [5, 5.41) is 2.85. The van der Waals surface area contributed by atoms with E-state index in [-0.39, 0.29) is 10.9 Å². The van der Waals surface area contributed by atoms with Crippen LogP contribution >= 0.6 is 0 Å². The number of nitrogens with one attached hydrogen (secondary N) is 1. The van der Waals surface area contributed by atoms with E-state index in [9.17, 15) is 4.79 Å². The number of amides is 1. The van der Waals surface area contributed by atoms with Crippen molar-refractivity contribution in [1.82, 2.24) is 5.32 Å². The van der Waals surface area contributed by atoms with E-state index >= 15 is 4.39 Å². The van der Waals surface area contributed by atoms with E-state index in [0.29, 0.717) is 19.4 Å². The standard InChI is InChI=1S/C25H42FNO3Si/c1-9-17-25(5,6)31(7,8)29-18-13-16-21(26)22(19-20-14-11-10-12-15-20)27-23(28)30-24(2,3)4/h10-12,14-16,22H,9,13,17-19H2,1-8H3,(H,27,28)/b21-16+. The summed E-state index contributed by atoms with van der Waals surface area (Å²) in [6, 6.07) is 8.78. The number of benzene rings is 1. The third-order valence-electron chi connectivity index (χ3n) is 5.73. The molecule has 0 saturated carbocycles. The molecule has 0 aliphatic carbocycles. The minimum Gasteiger partial charge on any atom is -0.444 e. The summed E-state index contributed by atoms with van der Waals surface area (Å²) in [6.45, 7) is 17.0. The summed E-state index contributed by atoms with van der Waals surface area (Å²) < 4.78 is 26.6. The molecule has 0 fully saturated rings. The molecular weight excluding hydrogens is 409 g/mol. The lowest BCUT2D eigenvalue weighted by molar-refractivity contribution is 0.0506. The number of ether oxygens (including phenoxy) is 1.